The third-order valence-electron chi connectivity index (χ3n) is 2.58. The minimum atomic E-state index is -3.94. The smallest absolute Gasteiger partial charge is 0.242 e. The monoisotopic (exact) mass is 314 g/mol. The maximum atomic E-state index is 12.0. The number of hydrogen-bond donors (Lipinski definition) is 4. The number of carbonyl (C=O) groups is 1. The van der Waals surface area contributed by atoms with E-state index in [2.05, 4.69) is 10.6 Å². The van der Waals surface area contributed by atoms with Gasteiger partial charge in [0.2, 0.25) is 15.9 Å². The summed E-state index contributed by atoms with van der Waals surface area (Å²) in [5, 5.41) is 10.8. The summed E-state index contributed by atoms with van der Waals surface area (Å²) in [4.78, 5) is 11.9. The van der Waals surface area contributed by atoms with Crippen LogP contribution in [0.2, 0.25) is 0 Å². The zero-order valence-corrected chi connectivity index (χ0v) is 13.4. The number of nitrogens with two attached hydrogens (primary N) is 2. The summed E-state index contributed by atoms with van der Waals surface area (Å²) in [5.41, 5.74) is 5.71. The van der Waals surface area contributed by atoms with Gasteiger partial charge in [-0.15, -0.1) is 0 Å². The van der Waals surface area contributed by atoms with Crippen molar-refractivity contribution in [1.29, 1.82) is 0 Å². The van der Waals surface area contributed by atoms with Gasteiger partial charge in [-0.1, -0.05) is 0 Å². The molecule has 118 valence electrons. The van der Waals surface area contributed by atoms with Gasteiger partial charge in [0.05, 0.1) is 5.69 Å². The molecule has 0 aliphatic heterocycles. The maximum absolute atomic E-state index is 12.0. The summed E-state index contributed by atoms with van der Waals surface area (Å²) < 4.78 is 23.1. The summed E-state index contributed by atoms with van der Waals surface area (Å²) >= 11 is 0. The number of amides is 1. The lowest BCUT2D eigenvalue weighted by molar-refractivity contribution is -0.122. The van der Waals surface area contributed by atoms with Gasteiger partial charge in [0.1, 0.15) is 10.9 Å². The van der Waals surface area contributed by atoms with Crippen molar-refractivity contribution >= 4 is 27.3 Å². The van der Waals surface area contributed by atoms with Crippen molar-refractivity contribution in [2.24, 2.45) is 5.14 Å². The van der Waals surface area contributed by atoms with Crippen LogP contribution in [-0.4, -0.2) is 25.9 Å². The molecule has 6 N–H and O–H groups in total. The maximum Gasteiger partial charge on any atom is 0.242 e. The van der Waals surface area contributed by atoms with Gasteiger partial charge in [0, 0.05) is 11.2 Å². The Morgan fingerprint density at radius 2 is 1.86 bits per heavy atom. The Balaban J connectivity index is 3.01. The molecule has 1 aromatic rings. The molecule has 7 nitrogen and oxygen atoms in total. The molecule has 0 aliphatic rings. The number of nitrogen functional groups attached to an aromatic ring is 1. The van der Waals surface area contributed by atoms with Crippen LogP contribution >= 0.6 is 0 Å². The van der Waals surface area contributed by atoms with Crippen LogP contribution < -0.4 is 21.5 Å². The lowest BCUT2D eigenvalue weighted by Gasteiger charge is -2.24. The van der Waals surface area contributed by atoms with E-state index < -0.39 is 16.1 Å². The Morgan fingerprint density at radius 3 is 2.33 bits per heavy atom. The number of hydrogen-bond acceptors (Lipinski definition) is 5. The van der Waals surface area contributed by atoms with Crippen LogP contribution in [0.15, 0.2) is 23.1 Å². The largest absolute Gasteiger partial charge is 0.399 e. The number of primary sulfonamides is 1. The fourth-order valence-electron chi connectivity index (χ4n) is 1.67. The van der Waals surface area contributed by atoms with E-state index in [1.165, 1.54) is 18.2 Å². The van der Waals surface area contributed by atoms with Crippen LogP contribution in [0.1, 0.15) is 27.7 Å². The molecule has 0 heterocycles. The Morgan fingerprint density at radius 1 is 1.29 bits per heavy atom. The van der Waals surface area contributed by atoms with Crippen molar-refractivity contribution in [3.05, 3.63) is 18.2 Å². The van der Waals surface area contributed by atoms with E-state index >= 15 is 0 Å². The highest BCUT2D eigenvalue weighted by molar-refractivity contribution is 7.89. The molecule has 1 rings (SSSR count). The predicted molar refractivity (Wildman–Crippen MR) is 83.2 cm³/mol. The highest BCUT2D eigenvalue weighted by Crippen LogP contribution is 2.23. The first-order chi connectivity index (χ1) is 9.40. The molecule has 0 radical (unpaired) electrons. The van der Waals surface area contributed by atoms with Crippen molar-refractivity contribution in [2.75, 3.05) is 11.1 Å². The summed E-state index contributed by atoms with van der Waals surface area (Å²) in [7, 11) is -3.94. The topological polar surface area (TPSA) is 127 Å². The van der Waals surface area contributed by atoms with Crippen LogP contribution in [0.3, 0.4) is 0 Å². The summed E-state index contributed by atoms with van der Waals surface area (Å²) in [6.45, 7) is 7.20. The van der Waals surface area contributed by atoms with Crippen LogP contribution in [0, 0.1) is 0 Å². The molecule has 1 atom stereocenters. The summed E-state index contributed by atoms with van der Waals surface area (Å²) in [5.74, 6) is -0.250. The molecule has 0 fully saturated rings. The SMILES string of the molecule is CC(Nc1ccc(N)cc1S(N)(=O)=O)C(=O)NC(C)(C)C. The fourth-order valence-corrected chi connectivity index (χ4v) is 2.40. The van der Waals surface area contributed by atoms with Crippen LogP contribution in [0.4, 0.5) is 11.4 Å². The average molecular weight is 314 g/mol. The first kappa shape index (κ1) is 17.3. The minimum absolute atomic E-state index is 0.141. The molecule has 0 saturated heterocycles. The van der Waals surface area contributed by atoms with Crippen molar-refractivity contribution in [3.63, 3.8) is 0 Å². The predicted octanol–water partition coefficient (Wildman–Crippen LogP) is 0.631. The van der Waals surface area contributed by atoms with E-state index in [1.54, 1.807) is 6.92 Å². The molecule has 0 saturated carbocycles. The first-order valence-electron chi connectivity index (χ1n) is 6.41. The van der Waals surface area contributed by atoms with Gasteiger partial charge in [0.15, 0.2) is 0 Å². The molecule has 0 spiro atoms. The second-order valence-corrected chi connectivity index (χ2v) is 7.44. The lowest BCUT2D eigenvalue weighted by Crippen LogP contribution is -2.47. The van der Waals surface area contributed by atoms with Crippen molar-refractivity contribution in [1.82, 2.24) is 5.32 Å². The molecule has 0 bridgehead atoms. The summed E-state index contributed by atoms with van der Waals surface area (Å²) in [6.07, 6.45) is 0. The molecule has 1 unspecified atom stereocenters. The van der Waals surface area contributed by atoms with Gasteiger partial charge in [0.25, 0.3) is 0 Å². The van der Waals surface area contributed by atoms with E-state index in [-0.39, 0.29) is 27.7 Å². The number of carbonyl (C=O) groups excluding carboxylic acids is 1. The van der Waals surface area contributed by atoms with E-state index in [0.29, 0.717) is 0 Å². The van der Waals surface area contributed by atoms with Crippen molar-refractivity contribution in [3.8, 4) is 0 Å². The van der Waals surface area contributed by atoms with E-state index in [0.717, 1.165) is 0 Å². The average Bonchev–Trinajstić information content (AvgIpc) is 2.27. The van der Waals surface area contributed by atoms with Crippen molar-refractivity contribution in [2.45, 2.75) is 44.2 Å². The zero-order valence-electron chi connectivity index (χ0n) is 12.6. The Kier molecular flexibility index (Phi) is 4.85. The molecular weight excluding hydrogens is 292 g/mol. The van der Waals surface area contributed by atoms with Gasteiger partial charge < -0.3 is 16.4 Å². The number of rotatable bonds is 4. The number of anilines is 2. The second kappa shape index (κ2) is 5.90. The normalized spacial score (nSPS) is 13.6. The molecule has 8 heteroatoms. The van der Waals surface area contributed by atoms with E-state index in [1.807, 2.05) is 20.8 Å². The molecule has 0 aliphatic carbocycles. The minimum Gasteiger partial charge on any atom is -0.399 e. The van der Waals surface area contributed by atoms with Gasteiger partial charge in [-0.25, -0.2) is 13.6 Å². The van der Waals surface area contributed by atoms with E-state index in [4.69, 9.17) is 10.9 Å². The molecular formula is C13H22N4O3S. The second-order valence-electron chi connectivity index (χ2n) is 5.91. The Labute approximate surface area is 125 Å². The number of benzene rings is 1. The highest BCUT2D eigenvalue weighted by atomic mass is 32.2. The number of nitrogens with one attached hydrogen (secondary N) is 2. The van der Waals surface area contributed by atoms with Gasteiger partial charge in [-0.05, 0) is 45.9 Å². The Hall–Kier alpha value is -1.80. The zero-order chi connectivity index (χ0) is 16.4. The van der Waals surface area contributed by atoms with Crippen LogP contribution in [-0.2, 0) is 14.8 Å². The highest BCUT2D eigenvalue weighted by Gasteiger charge is 2.21. The third-order valence-corrected chi connectivity index (χ3v) is 3.53. The quantitative estimate of drug-likeness (QED) is 0.606. The Bertz CT molecular complexity index is 635. The van der Waals surface area contributed by atoms with Gasteiger partial charge in [-0.2, -0.15) is 0 Å². The molecule has 0 aromatic heterocycles. The first-order valence-corrected chi connectivity index (χ1v) is 7.96. The fraction of sp³-hybridized carbons (Fsp3) is 0.462. The van der Waals surface area contributed by atoms with Gasteiger partial charge in [-0.3, -0.25) is 4.79 Å². The van der Waals surface area contributed by atoms with E-state index in [9.17, 15) is 13.2 Å². The number of sulfonamides is 1. The standard InChI is InChI=1S/C13H22N4O3S/c1-8(12(18)17-13(2,3)4)16-10-6-5-9(14)7-11(10)21(15,19)20/h5-8,16H,14H2,1-4H3,(H,17,18)(H2,15,19,20). The van der Waals surface area contributed by atoms with Crippen LogP contribution in [0.5, 0.6) is 0 Å². The molecule has 21 heavy (non-hydrogen) atoms. The van der Waals surface area contributed by atoms with Crippen molar-refractivity contribution < 1.29 is 13.2 Å². The van der Waals surface area contributed by atoms with Gasteiger partial charge >= 0.3 is 0 Å². The lowest BCUT2D eigenvalue weighted by atomic mass is 10.1. The van der Waals surface area contributed by atoms with Crippen LogP contribution in [0.25, 0.3) is 0 Å². The molecule has 1 aromatic carbocycles. The molecule has 1 amide bonds. The third kappa shape index (κ3) is 5.24. The summed E-state index contributed by atoms with van der Waals surface area (Å²) in [6, 6.07) is 3.64.